The first-order valence-corrected chi connectivity index (χ1v) is 8.20. The fraction of sp³-hybridized carbons (Fsp3) is 0.300. The van der Waals surface area contributed by atoms with E-state index in [0.29, 0.717) is 13.1 Å². The highest BCUT2D eigenvalue weighted by atomic mass is 16.2. The predicted octanol–water partition coefficient (Wildman–Crippen LogP) is 3.01. The van der Waals surface area contributed by atoms with Gasteiger partial charge in [0.15, 0.2) is 0 Å². The Labute approximate surface area is 142 Å². The Balaban J connectivity index is 1.67. The monoisotopic (exact) mass is 322 g/mol. The molecule has 1 aliphatic heterocycles. The van der Waals surface area contributed by atoms with E-state index in [2.05, 4.69) is 0 Å². The maximum atomic E-state index is 12.7. The predicted molar refractivity (Wildman–Crippen MR) is 94.6 cm³/mol. The van der Waals surface area contributed by atoms with Crippen LogP contribution in [0.15, 0.2) is 54.6 Å². The molecule has 0 aromatic heterocycles. The lowest BCUT2D eigenvalue weighted by atomic mass is 10.1. The minimum atomic E-state index is -0.272. The van der Waals surface area contributed by atoms with Crippen molar-refractivity contribution < 1.29 is 9.59 Å². The van der Waals surface area contributed by atoms with E-state index in [1.165, 1.54) is 0 Å². The fourth-order valence-corrected chi connectivity index (χ4v) is 3.17. The molecular weight excluding hydrogens is 300 g/mol. The van der Waals surface area contributed by atoms with Crippen LogP contribution in [0.3, 0.4) is 0 Å². The molecule has 0 aliphatic carbocycles. The minimum absolute atomic E-state index is 0.0204. The van der Waals surface area contributed by atoms with Crippen molar-refractivity contribution in [2.75, 3.05) is 18.5 Å². The van der Waals surface area contributed by atoms with Gasteiger partial charge in [-0.05, 0) is 30.2 Å². The number of nitrogens with zero attached hydrogens (tertiary/aromatic N) is 2. The number of benzene rings is 2. The van der Waals surface area contributed by atoms with Gasteiger partial charge in [0.05, 0.1) is 5.92 Å². The van der Waals surface area contributed by atoms with Crippen LogP contribution in [-0.2, 0) is 16.1 Å². The van der Waals surface area contributed by atoms with Crippen molar-refractivity contribution in [3.05, 3.63) is 65.7 Å². The zero-order valence-corrected chi connectivity index (χ0v) is 14.1. The van der Waals surface area contributed by atoms with Gasteiger partial charge in [-0.1, -0.05) is 42.5 Å². The maximum absolute atomic E-state index is 12.7. The van der Waals surface area contributed by atoms with Crippen LogP contribution >= 0.6 is 0 Å². The summed E-state index contributed by atoms with van der Waals surface area (Å²) in [5.74, 6) is -0.221. The molecule has 1 fully saturated rings. The van der Waals surface area contributed by atoms with Gasteiger partial charge in [-0.3, -0.25) is 9.59 Å². The van der Waals surface area contributed by atoms with Gasteiger partial charge in [0, 0.05) is 32.2 Å². The van der Waals surface area contributed by atoms with Gasteiger partial charge in [0.2, 0.25) is 11.8 Å². The van der Waals surface area contributed by atoms with Crippen LogP contribution in [0.5, 0.6) is 0 Å². The van der Waals surface area contributed by atoms with Crippen LogP contribution in [0.25, 0.3) is 0 Å². The molecule has 0 radical (unpaired) electrons. The molecule has 3 rings (SSSR count). The Morgan fingerprint density at radius 1 is 1.17 bits per heavy atom. The van der Waals surface area contributed by atoms with Crippen LogP contribution in [-0.4, -0.2) is 30.3 Å². The summed E-state index contributed by atoms with van der Waals surface area (Å²) < 4.78 is 0. The molecule has 2 amide bonds. The molecule has 4 heteroatoms. The molecule has 4 nitrogen and oxygen atoms in total. The number of hydrogen-bond donors (Lipinski definition) is 0. The molecule has 1 aliphatic rings. The summed E-state index contributed by atoms with van der Waals surface area (Å²) in [6, 6.07) is 17.7. The van der Waals surface area contributed by atoms with E-state index in [1.807, 2.05) is 61.5 Å². The second kappa shape index (κ2) is 6.87. The number of carbonyl (C=O) groups is 2. The highest BCUT2D eigenvalue weighted by molar-refractivity contribution is 6.00. The molecule has 0 spiro atoms. The van der Waals surface area contributed by atoms with Crippen LogP contribution in [0.4, 0.5) is 5.69 Å². The summed E-state index contributed by atoms with van der Waals surface area (Å²) in [5, 5.41) is 0. The first-order valence-electron chi connectivity index (χ1n) is 8.20. The van der Waals surface area contributed by atoms with E-state index in [0.717, 1.165) is 16.8 Å². The average Bonchev–Trinajstić information content (AvgIpc) is 2.97. The molecule has 1 unspecified atom stereocenters. The Morgan fingerprint density at radius 2 is 1.92 bits per heavy atom. The fourth-order valence-electron chi connectivity index (χ4n) is 3.17. The third-order valence-corrected chi connectivity index (χ3v) is 4.43. The maximum Gasteiger partial charge on any atom is 0.228 e. The number of aryl methyl sites for hydroxylation is 1. The molecule has 0 saturated carbocycles. The van der Waals surface area contributed by atoms with Crippen LogP contribution in [0, 0.1) is 12.8 Å². The van der Waals surface area contributed by atoms with Crippen molar-refractivity contribution in [1.82, 2.24) is 4.90 Å². The quantitative estimate of drug-likeness (QED) is 0.868. The molecule has 0 N–H and O–H groups in total. The van der Waals surface area contributed by atoms with Crippen molar-refractivity contribution in [3.8, 4) is 0 Å². The van der Waals surface area contributed by atoms with Gasteiger partial charge in [-0.25, -0.2) is 0 Å². The van der Waals surface area contributed by atoms with Crippen molar-refractivity contribution in [1.29, 1.82) is 0 Å². The second-order valence-electron chi connectivity index (χ2n) is 6.42. The highest BCUT2D eigenvalue weighted by Gasteiger charge is 2.36. The van der Waals surface area contributed by atoms with Gasteiger partial charge in [-0.15, -0.1) is 0 Å². The number of hydrogen-bond acceptors (Lipinski definition) is 2. The summed E-state index contributed by atoms with van der Waals surface area (Å²) in [6.07, 6.45) is 0.284. The summed E-state index contributed by atoms with van der Waals surface area (Å²) in [7, 11) is 1.80. The molecular formula is C20H22N2O2. The SMILES string of the molecule is Cc1cccc(N2CC(C(=O)N(C)Cc3ccccc3)CC2=O)c1. The lowest BCUT2D eigenvalue weighted by Crippen LogP contribution is -2.34. The summed E-state index contributed by atoms with van der Waals surface area (Å²) in [5.41, 5.74) is 3.07. The van der Waals surface area contributed by atoms with E-state index in [4.69, 9.17) is 0 Å². The molecule has 2 aromatic carbocycles. The Morgan fingerprint density at radius 3 is 2.62 bits per heavy atom. The zero-order valence-electron chi connectivity index (χ0n) is 14.1. The first-order chi connectivity index (χ1) is 11.5. The van der Waals surface area contributed by atoms with Gasteiger partial charge in [0.1, 0.15) is 0 Å². The van der Waals surface area contributed by atoms with Gasteiger partial charge in [0.25, 0.3) is 0 Å². The Hall–Kier alpha value is -2.62. The number of carbonyl (C=O) groups excluding carboxylic acids is 2. The van der Waals surface area contributed by atoms with Gasteiger partial charge < -0.3 is 9.80 Å². The topological polar surface area (TPSA) is 40.6 Å². The van der Waals surface area contributed by atoms with Crippen molar-refractivity contribution >= 4 is 17.5 Å². The molecule has 2 aromatic rings. The lowest BCUT2D eigenvalue weighted by Gasteiger charge is -2.21. The minimum Gasteiger partial charge on any atom is -0.341 e. The standard InChI is InChI=1S/C20H22N2O2/c1-15-7-6-10-18(11-15)22-14-17(12-19(22)23)20(24)21(2)13-16-8-4-3-5-9-16/h3-11,17H,12-14H2,1-2H3. The van der Waals surface area contributed by atoms with Crippen molar-refractivity contribution in [3.63, 3.8) is 0 Å². The van der Waals surface area contributed by atoms with Gasteiger partial charge in [-0.2, -0.15) is 0 Å². The number of amides is 2. The molecule has 1 atom stereocenters. The Bertz CT molecular complexity index is 742. The van der Waals surface area contributed by atoms with E-state index in [-0.39, 0.29) is 24.2 Å². The number of rotatable bonds is 4. The Kier molecular flexibility index (Phi) is 4.65. The summed E-state index contributed by atoms with van der Waals surface area (Å²) >= 11 is 0. The first kappa shape index (κ1) is 16.2. The van der Waals surface area contributed by atoms with Crippen LogP contribution < -0.4 is 4.90 Å². The van der Waals surface area contributed by atoms with E-state index >= 15 is 0 Å². The van der Waals surface area contributed by atoms with Crippen molar-refractivity contribution in [2.45, 2.75) is 19.9 Å². The normalized spacial score (nSPS) is 17.2. The largest absolute Gasteiger partial charge is 0.341 e. The average molecular weight is 322 g/mol. The van der Waals surface area contributed by atoms with E-state index in [9.17, 15) is 9.59 Å². The second-order valence-corrected chi connectivity index (χ2v) is 6.42. The van der Waals surface area contributed by atoms with Gasteiger partial charge >= 0.3 is 0 Å². The third kappa shape index (κ3) is 3.48. The van der Waals surface area contributed by atoms with Crippen LogP contribution in [0.1, 0.15) is 17.5 Å². The highest BCUT2D eigenvalue weighted by Crippen LogP contribution is 2.27. The molecule has 124 valence electrons. The van der Waals surface area contributed by atoms with Crippen molar-refractivity contribution in [2.24, 2.45) is 5.92 Å². The number of anilines is 1. The van der Waals surface area contributed by atoms with E-state index in [1.54, 1.807) is 16.8 Å². The molecule has 24 heavy (non-hydrogen) atoms. The zero-order chi connectivity index (χ0) is 17.1. The smallest absolute Gasteiger partial charge is 0.228 e. The molecule has 0 bridgehead atoms. The summed E-state index contributed by atoms with van der Waals surface area (Å²) in [4.78, 5) is 28.5. The lowest BCUT2D eigenvalue weighted by molar-refractivity contribution is -0.135. The molecule has 1 heterocycles. The van der Waals surface area contributed by atoms with E-state index < -0.39 is 0 Å². The third-order valence-electron chi connectivity index (χ3n) is 4.43. The summed E-state index contributed by atoms with van der Waals surface area (Å²) in [6.45, 7) is 3.02. The molecule has 1 saturated heterocycles. The van der Waals surface area contributed by atoms with Crippen LogP contribution in [0.2, 0.25) is 0 Å².